The van der Waals surface area contributed by atoms with E-state index in [1.807, 2.05) is 6.92 Å². The zero-order valence-electron chi connectivity index (χ0n) is 14.7. The molecule has 2 rings (SSSR count). The number of hydrogen-bond donors (Lipinski definition) is 0. The largest absolute Gasteiger partial charge is 0.425 e. The highest BCUT2D eigenvalue weighted by Crippen LogP contribution is 2.31. The van der Waals surface area contributed by atoms with Crippen LogP contribution < -0.4 is 0 Å². The molecule has 2 atom stereocenters. The molecule has 7 nitrogen and oxygen atoms in total. The highest BCUT2D eigenvalue weighted by atomic mass is 16.7. The minimum absolute atomic E-state index is 0.0589. The molecule has 1 aliphatic heterocycles. The summed E-state index contributed by atoms with van der Waals surface area (Å²) in [6.45, 7) is 4.79. The summed E-state index contributed by atoms with van der Waals surface area (Å²) in [5, 5.41) is 0. The van der Waals surface area contributed by atoms with Crippen molar-refractivity contribution in [2.45, 2.75) is 64.7 Å². The van der Waals surface area contributed by atoms with E-state index in [2.05, 4.69) is 0 Å². The Morgan fingerprint density at radius 1 is 1.33 bits per heavy atom. The standard InChI is InChI=1S/C17H27NO6/c1-4-15(23-14(20)9-17(2)10-22-11-17)24-16(21)18(3)12-7-5-6-8-13(12)19/h12,15H,4-11H2,1-3H3/t12-,15?/m1/s1. The number of hydrogen-bond acceptors (Lipinski definition) is 6. The summed E-state index contributed by atoms with van der Waals surface area (Å²) < 4.78 is 15.6. The molecule has 0 aromatic heterocycles. The first-order valence-electron chi connectivity index (χ1n) is 8.58. The molecule has 24 heavy (non-hydrogen) atoms. The summed E-state index contributed by atoms with van der Waals surface area (Å²) in [5.41, 5.74) is -0.190. The average molecular weight is 341 g/mol. The van der Waals surface area contributed by atoms with Crippen molar-refractivity contribution in [2.75, 3.05) is 20.3 Å². The lowest BCUT2D eigenvalue weighted by Crippen LogP contribution is -2.45. The highest BCUT2D eigenvalue weighted by molar-refractivity contribution is 5.87. The van der Waals surface area contributed by atoms with E-state index in [0.717, 1.165) is 12.8 Å². The number of esters is 1. The van der Waals surface area contributed by atoms with Gasteiger partial charge in [0.1, 0.15) is 0 Å². The van der Waals surface area contributed by atoms with Crippen LogP contribution in [0.2, 0.25) is 0 Å². The number of rotatable bonds is 6. The third-order valence-corrected chi connectivity index (χ3v) is 4.58. The summed E-state index contributed by atoms with van der Waals surface area (Å²) in [6, 6.07) is -0.439. The van der Waals surface area contributed by atoms with Crippen LogP contribution in [0.4, 0.5) is 4.79 Å². The van der Waals surface area contributed by atoms with E-state index < -0.39 is 24.4 Å². The van der Waals surface area contributed by atoms with Crippen LogP contribution >= 0.6 is 0 Å². The molecule has 0 spiro atoms. The van der Waals surface area contributed by atoms with E-state index in [9.17, 15) is 14.4 Å². The Morgan fingerprint density at radius 2 is 2.04 bits per heavy atom. The van der Waals surface area contributed by atoms with Gasteiger partial charge < -0.3 is 19.1 Å². The maximum atomic E-state index is 12.2. The second-order valence-electron chi connectivity index (χ2n) is 7.03. The molecule has 1 unspecified atom stereocenters. The monoisotopic (exact) mass is 341 g/mol. The predicted octanol–water partition coefficient (Wildman–Crippen LogP) is 2.27. The Bertz CT molecular complexity index is 487. The number of Topliss-reactive ketones (excluding diaryl/α,β-unsaturated/α-hetero) is 1. The summed E-state index contributed by atoms with van der Waals surface area (Å²) >= 11 is 0. The SMILES string of the molecule is CCC(OC(=O)CC1(C)COC1)OC(=O)N(C)[C@@H]1CCCCC1=O. The minimum Gasteiger partial charge on any atom is -0.425 e. The lowest BCUT2D eigenvalue weighted by molar-refractivity contribution is -0.181. The molecule has 0 radical (unpaired) electrons. The van der Waals surface area contributed by atoms with Gasteiger partial charge in [-0.3, -0.25) is 9.59 Å². The van der Waals surface area contributed by atoms with Gasteiger partial charge >= 0.3 is 12.1 Å². The fourth-order valence-electron chi connectivity index (χ4n) is 2.98. The normalized spacial score (nSPS) is 23.8. The Kier molecular flexibility index (Phi) is 6.21. The fraction of sp³-hybridized carbons (Fsp3) is 0.824. The van der Waals surface area contributed by atoms with E-state index >= 15 is 0 Å². The molecule has 1 saturated heterocycles. The Labute approximate surface area is 142 Å². The van der Waals surface area contributed by atoms with E-state index in [1.54, 1.807) is 14.0 Å². The van der Waals surface area contributed by atoms with Crippen LogP contribution in [-0.2, 0) is 23.8 Å². The number of likely N-dealkylation sites (N-methyl/N-ethyl adjacent to an activating group) is 1. The molecule has 0 N–H and O–H groups in total. The first-order chi connectivity index (χ1) is 11.3. The quantitative estimate of drug-likeness (QED) is 0.544. The lowest BCUT2D eigenvalue weighted by atomic mass is 9.85. The van der Waals surface area contributed by atoms with Crippen LogP contribution in [0.25, 0.3) is 0 Å². The molecular formula is C17H27NO6. The van der Waals surface area contributed by atoms with Gasteiger partial charge in [-0.2, -0.15) is 0 Å². The Balaban J connectivity index is 1.83. The third kappa shape index (κ3) is 4.69. The number of carbonyl (C=O) groups excluding carboxylic acids is 3. The first-order valence-corrected chi connectivity index (χ1v) is 8.58. The molecule has 1 saturated carbocycles. The van der Waals surface area contributed by atoms with Crippen LogP contribution in [0.3, 0.4) is 0 Å². The molecule has 1 heterocycles. The second kappa shape index (κ2) is 7.96. The Morgan fingerprint density at radius 3 is 2.58 bits per heavy atom. The molecule has 0 aromatic carbocycles. The molecule has 0 aromatic rings. The molecule has 1 amide bonds. The van der Waals surface area contributed by atoms with Crippen molar-refractivity contribution in [2.24, 2.45) is 5.41 Å². The van der Waals surface area contributed by atoms with Gasteiger partial charge in [-0.05, 0) is 12.8 Å². The number of nitrogens with zero attached hydrogens (tertiary/aromatic N) is 1. The molecule has 7 heteroatoms. The first kappa shape index (κ1) is 18.7. The number of carbonyl (C=O) groups is 3. The maximum Gasteiger partial charge on any atom is 0.413 e. The second-order valence-corrected chi connectivity index (χ2v) is 7.03. The van der Waals surface area contributed by atoms with Crippen molar-refractivity contribution >= 4 is 17.8 Å². The smallest absolute Gasteiger partial charge is 0.413 e. The van der Waals surface area contributed by atoms with Crippen molar-refractivity contribution in [1.82, 2.24) is 4.90 Å². The minimum atomic E-state index is -0.935. The van der Waals surface area contributed by atoms with Gasteiger partial charge in [0, 0.05) is 25.3 Å². The zero-order chi connectivity index (χ0) is 17.7. The summed E-state index contributed by atoms with van der Waals surface area (Å²) in [4.78, 5) is 37.5. The van der Waals surface area contributed by atoms with E-state index in [1.165, 1.54) is 4.90 Å². The highest BCUT2D eigenvalue weighted by Gasteiger charge is 2.37. The van der Waals surface area contributed by atoms with Crippen LogP contribution in [0.5, 0.6) is 0 Å². The van der Waals surface area contributed by atoms with Crippen LogP contribution in [0, 0.1) is 5.41 Å². The molecule has 2 aliphatic rings. The van der Waals surface area contributed by atoms with Gasteiger partial charge in [0.05, 0.1) is 25.7 Å². The van der Waals surface area contributed by atoms with E-state index in [-0.39, 0.29) is 17.6 Å². The van der Waals surface area contributed by atoms with Gasteiger partial charge in [-0.25, -0.2) is 4.79 Å². The number of amides is 1. The molecule has 2 fully saturated rings. The molecule has 1 aliphatic carbocycles. The van der Waals surface area contributed by atoms with Crippen LogP contribution in [0.1, 0.15) is 52.4 Å². The van der Waals surface area contributed by atoms with Crippen molar-refractivity contribution < 1.29 is 28.6 Å². The average Bonchev–Trinajstić information content (AvgIpc) is 2.52. The van der Waals surface area contributed by atoms with Crippen LogP contribution in [0.15, 0.2) is 0 Å². The summed E-state index contributed by atoms with van der Waals surface area (Å²) in [5.74, 6) is -0.347. The van der Waals surface area contributed by atoms with Crippen molar-refractivity contribution in [3.05, 3.63) is 0 Å². The maximum absolute atomic E-state index is 12.2. The number of ketones is 1. The van der Waals surface area contributed by atoms with Gasteiger partial charge in [0.15, 0.2) is 5.78 Å². The van der Waals surface area contributed by atoms with Crippen molar-refractivity contribution in [3.8, 4) is 0 Å². The molecular weight excluding hydrogens is 314 g/mol. The zero-order valence-corrected chi connectivity index (χ0v) is 14.7. The van der Waals surface area contributed by atoms with Gasteiger partial charge in [0.25, 0.3) is 0 Å². The van der Waals surface area contributed by atoms with Crippen molar-refractivity contribution in [3.63, 3.8) is 0 Å². The topological polar surface area (TPSA) is 82.1 Å². The van der Waals surface area contributed by atoms with Gasteiger partial charge in [-0.15, -0.1) is 0 Å². The van der Waals surface area contributed by atoms with Gasteiger partial charge in [0.2, 0.25) is 6.29 Å². The fourth-order valence-corrected chi connectivity index (χ4v) is 2.98. The predicted molar refractivity (Wildman–Crippen MR) is 85.2 cm³/mol. The molecule has 0 bridgehead atoms. The summed E-state index contributed by atoms with van der Waals surface area (Å²) in [7, 11) is 1.55. The lowest BCUT2D eigenvalue weighted by Gasteiger charge is -2.37. The molecule has 136 valence electrons. The van der Waals surface area contributed by atoms with Crippen LogP contribution in [-0.4, -0.2) is 55.3 Å². The van der Waals surface area contributed by atoms with Gasteiger partial charge in [-0.1, -0.05) is 20.3 Å². The third-order valence-electron chi connectivity index (χ3n) is 4.58. The van der Waals surface area contributed by atoms with Crippen molar-refractivity contribution in [1.29, 1.82) is 0 Å². The number of ether oxygens (including phenoxy) is 3. The summed E-state index contributed by atoms with van der Waals surface area (Å²) in [6.07, 6.45) is 1.96. The Hall–Kier alpha value is -1.63. The van der Waals surface area contributed by atoms with E-state index in [0.29, 0.717) is 32.5 Å². The van der Waals surface area contributed by atoms with E-state index in [4.69, 9.17) is 14.2 Å².